The van der Waals surface area contributed by atoms with Crippen LogP contribution in [-0.4, -0.2) is 76.0 Å². The van der Waals surface area contributed by atoms with E-state index in [0.29, 0.717) is 24.5 Å². The van der Waals surface area contributed by atoms with E-state index in [1.807, 2.05) is 72.8 Å². The van der Waals surface area contributed by atoms with Gasteiger partial charge in [-0.3, -0.25) is 0 Å². The van der Waals surface area contributed by atoms with Crippen molar-refractivity contribution in [2.24, 2.45) is 0 Å². The predicted octanol–water partition coefficient (Wildman–Crippen LogP) is 18.4. The van der Waals surface area contributed by atoms with Crippen LogP contribution < -0.4 is 20.4 Å². The van der Waals surface area contributed by atoms with Crippen molar-refractivity contribution in [3.05, 3.63) is 108 Å². The number of hydrogen-bond acceptors (Lipinski definition) is 10. The molecule has 0 saturated carbocycles. The van der Waals surface area contributed by atoms with Gasteiger partial charge in [-0.15, -0.1) is 0 Å². The maximum absolute atomic E-state index is 12.0. The van der Waals surface area contributed by atoms with Crippen molar-refractivity contribution < 1.29 is 25.9 Å². The molecule has 436 valence electrons. The van der Waals surface area contributed by atoms with Crippen molar-refractivity contribution in [2.45, 2.75) is 280 Å². The number of anilines is 4. The van der Waals surface area contributed by atoms with Crippen molar-refractivity contribution in [3.63, 3.8) is 0 Å². The zero-order valence-electron chi connectivity index (χ0n) is 49.1. The summed E-state index contributed by atoms with van der Waals surface area (Å²) in [5.74, 6) is 0. The zero-order chi connectivity index (χ0) is 55.5. The van der Waals surface area contributed by atoms with Gasteiger partial charge in [-0.1, -0.05) is 292 Å². The molecule has 0 spiro atoms. The number of nitrogens with one attached hydrogen (secondary N) is 2. The van der Waals surface area contributed by atoms with Crippen LogP contribution in [-0.2, 0) is 33.3 Å². The summed E-state index contributed by atoms with van der Waals surface area (Å²) < 4.78 is 72.1. The molecule has 2 aliphatic heterocycles. The summed E-state index contributed by atoms with van der Waals surface area (Å²) in [6.07, 6.45) is 47.7. The average Bonchev–Trinajstić information content (AvgIpc) is 4.11. The number of hydrogen-bond donors (Lipinski definition) is 2. The molecule has 2 aliphatic rings. The Kier molecular flexibility index (Phi) is 35.1. The third kappa shape index (κ3) is 26.5. The topological polar surface area (TPSA) is 145 Å². The van der Waals surface area contributed by atoms with Crippen LogP contribution >= 0.6 is 0 Å². The van der Waals surface area contributed by atoms with Crippen LogP contribution in [0.1, 0.15) is 256 Å². The fraction of sp³-hybridized carbons (Fsp3) is 0.636. The number of unbranched alkanes of at least 4 members (excludes halogenated alkanes) is 32. The maximum atomic E-state index is 12.0. The van der Waals surface area contributed by atoms with Crippen LogP contribution in [0.2, 0.25) is 0 Å². The minimum Gasteiger partial charge on any atom is -0.744 e. The van der Waals surface area contributed by atoms with Crippen LogP contribution in [0.3, 0.4) is 0 Å². The molecule has 0 aliphatic carbocycles. The zero-order valence-corrected chi connectivity index (χ0v) is 53.0. The molecule has 4 aromatic rings. The molecule has 6 rings (SSSR count). The van der Waals surface area contributed by atoms with Crippen molar-refractivity contribution >= 4 is 80.7 Å². The SMILES string of the molecule is CCCCCCCCCCCCCCCCCCCC1Nc2cccc(S(=O)(=O)[O-])c2N1Cc1ccccc1.CCCCCCCCCCCCCCCCCCCC1Nc2cccc(S(=O)(=O)[O-])c2N1Cc1ccccc1.[Ca+2]. The first-order chi connectivity index (χ1) is 38.0. The largest absolute Gasteiger partial charge is 2.00 e. The Labute approximate surface area is 511 Å². The Balaban J connectivity index is 0.000000336. The molecule has 2 N–H and O–H groups in total. The number of rotatable bonds is 42. The van der Waals surface area contributed by atoms with E-state index in [1.54, 1.807) is 12.1 Å². The van der Waals surface area contributed by atoms with E-state index in [-0.39, 0.29) is 59.9 Å². The number of para-hydroxylation sites is 2. The average molecular weight is 1150 g/mol. The van der Waals surface area contributed by atoms with Crippen LogP contribution in [0.15, 0.2) is 107 Å². The van der Waals surface area contributed by atoms with E-state index in [9.17, 15) is 25.9 Å². The molecular weight excluding hydrogens is 1050 g/mol. The van der Waals surface area contributed by atoms with Gasteiger partial charge in [0.05, 0.1) is 44.9 Å². The first-order valence-corrected chi connectivity index (χ1v) is 34.1. The third-order valence-corrected chi connectivity index (χ3v) is 17.8. The Morgan fingerprint density at radius 1 is 0.354 bits per heavy atom. The third-order valence-electron chi connectivity index (χ3n) is 16.1. The molecule has 79 heavy (non-hydrogen) atoms. The second-order valence-electron chi connectivity index (χ2n) is 22.7. The second-order valence-corrected chi connectivity index (χ2v) is 25.3. The summed E-state index contributed by atoms with van der Waals surface area (Å²) in [6.45, 7) is 5.69. The van der Waals surface area contributed by atoms with E-state index in [2.05, 4.69) is 34.3 Å². The van der Waals surface area contributed by atoms with Crippen molar-refractivity contribution in [1.29, 1.82) is 0 Å². The standard InChI is InChI=1S/2C33H52N2O3S.Ca/c2*1-2-3-4-5-6-7-8-9-10-11-12-13-14-15-16-17-21-27-32-34-30-25-22-26-31(39(36,37)38)33(30)35(32)28-29-23-19-18-20-24-29;/h2*18-20,22-26,32,34H,2-17,21,27-28H2,1H3,(H,36,37,38);/q;;+2/p-2. The molecule has 2 heterocycles. The van der Waals surface area contributed by atoms with Gasteiger partial charge in [0, 0.05) is 13.1 Å². The summed E-state index contributed by atoms with van der Waals surface area (Å²) in [7, 11) is -9.12. The Hall–Kier alpha value is -2.84. The normalized spacial score (nSPS) is 14.7. The Bertz CT molecular complexity index is 2260. The molecule has 0 saturated heterocycles. The van der Waals surface area contributed by atoms with Gasteiger partial charge in [0.15, 0.2) is 0 Å². The fourth-order valence-electron chi connectivity index (χ4n) is 11.6. The smallest absolute Gasteiger partial charge is 0.744 e. The van der Waals surface area contributed by atoms with E-state index < -0.39 is 20.2 Å². The van der Waals surface area contributed by atoms with Crippen LogP contribution in [0.5, 0.6) is 0 Å². The molecule has 0 radical (unpaired) electrons. The van der Waals surface area contributed by atoms with E-state index >= 15 is 0 Å². The van der Waals surface area contributed by atoms with Crippen molar-refractivity contribution in [1.82, 2.24) is 0 Å². The summed E-state index contributed by atoms with van der Waals surface area (Å²) in [6, 6.07) is 30.0. The monoisotopic (exact) mass is 1150 g/mol. The maximum Gasteiger partial charge on any atom is 2.00 e. The number of benzene rings is 4. The molecule has 0 fully saturated rings. The summed E-state index contributed by atoms with van der Waals surface area (Å²) in [4.78, 5) is 3.88. The van der Waals surface area contributed by atoms with Gasteiger partial charge in [0.2, 0.25) is 0 Å². The minimum atomic E-state index is -4.56. The van der Waals surface area contributed by atoms with E-state index in [0.717, 1.165) is 48.2 Å². The number of fused-ring (bicyclic) bond motifs is 2. The fourth-order valence-corrected chi connectivity index (χ4v) is 13.0. The summed E-state index contributed by atoms with van der Waals surface area (Å²) >= 11 is 0. The molecule has 10 nitrogen and oxygen atoms in total. The first kappa shape index (κ1) is 68.7. The molecule has 0 amide bonds. The summed E-state index contributed by atoms with van der Waals surface area (Å²) in [5, 5.41) is 6.99. The van der Waals surface area contributed by atoms with Crippen LogP contribution in [0.25, 0.3) is 0 Å². The Morgan fingerprint density at radius 3 is 0.861 bits per heavy atom. The van der Waals surface area contributed by atoms with E-state index in [4.69, 9.17) is 0 Å². The van der Waals surface area contributed by atoms with Gasteiger partial charge >= 0.3 is 37.7 Å². The van der Waals surface area contributed by atoms with Gasteiger partial charge in [0.1, 0.15) is 20.2 Å². The first-order valence-electron chi connectivity index (χ1n) is 31.3. The molecular formula is C66H102CaN4O6S2. The molecule has 4 aromatic carbocycles. The molecule has 2 unspecified atom stereocenters. The van der Waals surface area contributed by atoms with Crippen LogP contribution in [0, 0.1) is 0 Å². The number of nitrogens with zero attached hydrogens (tertiary/aromatic N) is 2. The predicted molar refractivity (Wildman–Crippen MR) is 332 cm³/mol. The second kappa shape index (κ2) is 40.4. The Morgan fingerprint density at radius 2 is 0.608 bits per heavy atom. The van der Waals surface area contributed by atoms with Gasteiger partial charge in [-0.25, -0.2) is 16.8 Å². The van der Waals surface area contributed by atoms with Gasteiger partial charge in [-0.05, 0) is 61.1 Å². The van der Waals surface area contributed by atoms with Gasteiger partial charge in [-0.2, -0.15) is 0 Å². The molecule has 2 atom stereocenters. The van der Waals surface area contributed by atoms with Gasteiger partial charge in [0.25, 0.3) is 0 Å². The van der Waals surface area contributed by atoms with Crippen molar-refractivity contribution in [2.75, 3.05) is 20.4 Å². The minimum absolute atomic E-state index is 0. The molecule has 0 bridgehead atoms. The molecule has 13 heteroatoms. The van der Waals surface area contributed by atoms with Gasteiger partial charge < -0.3 is 29.5 Å². The van der Waals surface area contributed by atoms with Crippen molar-refractivity contribution in [3.8, 4) is 0 Å². The summed E-state index contributed by atoms with van der Waals surface area (Å²) in [5.41, 5.74) is 4.71. The molecule has 0 aromatic heterocycles. The quantitative estimate of drug-likeness (QED) is 0.0250. The van der Waals surface area contributed by atoms with E-state index in [1.165, 1.54) is 218 Å². The van der Waals surface area contributed by atoms with Crippen LogP contribution in [0.4, 0.5) is 22.7 Å².